The van der Waals surface area contributed by atoms with E-state index in [-0.39, 0.29) is 32.9 Å². The summed E-state index contributed by atoms with van der Waals surface area (Å²) in [5, 5.41) is -0.505. The first-order valence-electron chi connectivity index (χ1n) is 8.85. The van der Waals surface area contributed by atoms with Gasteiger partial charge in [0.1, 0.15) is 11.6 Å². The van der Waals surface area contributed by atoms with Crippen LogP contribution in [0.5, 0.6) is 0 Å². The van der Waals surface area contributed by atoms with Crippen molar-refractivity contribution < 1.29 is 8.78 Å². The van der Waals surface area contributed by atoms with Crippen molar-refractivity contribution in [1.29, 1.82) is 0 Å². The number of rotatable bonds is 2. The van der Waals surface area contributed by atoms with Crippen LogP contribution in [0.15, 0.2) is 79.8 Å². The summed E-state index contributed by atoms with van der Waals surface area (Å²) in [5.74, 6) is -1.53. The summed E-state index contributed by atoms with van der Waals surface area (Å²) in [6.45, 7) is 0. The van der Waals surface area contributed by atoms with Crippen LogP contribution in [0.3, 0.4) is 0 Å². The van der Waals surface area contributed by atoms with Crippen molar-refractivity contribution in [1.82, 2.24) is 9.13 Å². The first-order valence-corrected chi connectivity index (χ1v) is 8.85. The first-order chi connectivity index (χ1) is 14.4. The van der Waals surface area contributed by atoms with Gasteiger partial charge in [0.25, 0.3) is 22.2 Å². The minimum absolute atomic E-state index is 0.126. The molecule has 2 aromatic heterocycles. The number of para-hydroxylation sites is 2. The van der Waals surface area contributed by atoms with Crippen molar-refractivity contribution in [2.75, 3.05) is 0 Å². The second-order valence-electron chi connectivity index (χ2n) is 6.74. The molecule has 0 saturated carbocycles. The maximum Gasteiger partial charge on any atom is 0.266 e. The molecule has 0 unspecified atom stereocenters. The monoisotopic (exact) mass is 404 g/mol. The topological polar surface area (TPSA) is 78.1 Å². The number of nitrogens with zero attached hydrogens (tertiary/aromatic N) is 2. The number of fused-ring (bicyclic) bond motifs is 2. The fourth-order valence-electron chi connectivity index (χ4n) is 3.68. The van der Waals surface area contributed by atoms with Crippen molar-refractivity contribution in [2.45, 2.75) is 0 Å². The van der Waals surface area contributed by atoms with Gasteiger partial charge >= 0.3 is 0 Å². The molecular formula is C22H10F2N2O4. The predicted molar refractivity (Wildman–Crippen MR) is 107 cm³/mol. The predicted octanol–water partition coefficient (Wildman–Crippen LogP) is 2.17. The van der Waals surface area contributed by atoms with Gasteiger partial charge in [-0.2, -0.15) is 0 Å². The molecule has 6 nitrogen and oxygen atoms in total. The van der Waals surface area contributed by atoms with Gasteiger partial charge in [-0.15, -0.1) is 0 Å². The highest BCUT2D eigenvalue weighted by atomic mass is 19.1. The van der Waals surface area contributed by atoms with Crippen molar-refractivity contribution >= 4 is 21.5 Å². The third-order valence-corrected chi connectivity index (χ3v) is 5.08. The number of halogens is 2. The Kier molecular flexibility index (Phi) is 3.66. The van der Waals surface area contributed by atoms with E-state index < -0.39 is 33.9 Å². The van der Waals surface area contributed by atoms with Gasteiger partial charge in [0.2, 0.25) is 0 Å². The maximum atomic E-state index is 14.2. The van der Waals surface area contributed by atoms with Crippen molar-refractivity contribution in [3.8, 4) is 11.4 Å². The molecule has 0 N–H and O–H groups in total. The van der Waals surface area contributed by atoms with E-state index in [1.165, 1.54) is 36.4 Å². The Morgan fingerprint density at radius 1 is 0.500 bits per heavy atom. The molecule has 0 radical (unpaired) electrons. The summed E-state index contributed by atoms with van der Waals surface area (Å²) >= 11 is 0. The fraction of sp³-hybridized carbons (Fsp3) is 0. The molecule has 0 spiro atoms. The SMILES string of the molecule is O=c1c2cc3c(=O)n(-c4ccccc4F)c(=O)c3cc2c(=O)n1-c1ccccc1F. The minimum atomic E-state index is -0.813. The van der Waals surface area contributed by atoms with E-state index in [4.69, 9.17) is 0 Å². The highest BCUT2D eigenvalue weighted by Crippen LogP contribution is 2.19. The normalized spacial score (nSPS) is 11.5. The molecule has 0 bridgehead atoms. The molecule has 0 aliphatic carbocycles. The van der Waals surface area contributed by atoms with Crippen LogP contribution in [0.25, 0.3) is 32.9 Å². The van der Waals surface area contributed by atoms with Crippen LogP contribution in [0.1, 0.15) is 0 Å². The Morgan fingerprint density at radius 3 is 1.10 bits per heavy atom. The second-order valence-corrected chi connectivity index (χ2v) is 6.74. The highest BCUT2D eigenvalue weighted by molar-refractivity contribution is 5.98. The Bertz CT molecular complexity index is 1500. The van der Waals surface area contributed by atoms with Crippen LogP contribution >= 0.6 is 0 Å². The van der Waals surface area contributed by atoms with E-state index >= 15 is 0 Å². The standard InChI is InChI=1S/C22H10F2N2O4/c23-15-5-1-3-7-17(15)25-19(27)11-9-13-14(10-12(11)20(25)28)22(30)26(21(13)29)18-8-4-2-6-16(18)24/h1-10H. The Labute approximate surface area is 165 Å². The average Bonchev–Trinajstić information content (AvgIpc) is 3.12. The van der Waals surface area contributed by atoms with E-state index in [2.05, 4.69) is 0 Å². The lowest BCUT2D eigenvalue weighted by atomic mass is 10.1. The molecule has 0 amide bonds. The van der Waals surface area contributed by atoms with Crippen molar-refractivity contribution in [2.24, 2.45) is 0 Å². The van der Waals surface area contributed by atoms with Crippen LogP contribution in [0.2, 0.25) is 0 Å². The summed E-state index contributed by atoms with van der Waals surface area (Å²) in [7, 11) is 0. The summed E-state index contributed by atoms with van der Waals surface area (Å²) in [4.78, 5) is 51.3. The molecule has 3 aromatic carbocycles. The zero-order chi connectivity index (χ0) is 21.2. The van der Waals surface area contributed by atoms with E-state index in [0.29, 0.717) is 9.13 Å². The smallest absolute Gasteiger partial charge is 0.266 e. The van der Waals surface area contributed by atoms with Crippen LogP contribution < -0.4 is 22.2 Å². The number of hydrogen-bond donors (Lipinski definition) is 0. The van der Waals surface area contributed by atoms with Crippen LogP contribution in [-0.2, 0) is 0 Å². The van der Waals surface area contributed by atoms with Gasteiger partial charge in [-0.1, -0.05) is 24.3 Å². The van der Waals surface area contributed by atoms with Crippen LogP contribution in [0.4, 0.5) is 8.78 Å². The molecule has 0 aliphatic rings. The molecule has 0 atom stereocenters. The Balaban J connectivity index is 1.89. The van der Waals surface area contributed by atoms with E-state index in [0.717, 1.165) is 24.3 Å². The van der Waals surface area contributed by atoms with E-state index in [9.17, 15) is 28.0 Å². The lowest BCUT2D eigenvalue weighted by Crippen LogP contribution is -2.25. The summed E-state index contributed by atoms with van der Waals surface area (Å²) < 4.78 is 29.6. The van der Waals surface area contributed by atoms with E-state index in [1.807, 2.05) is 0 Å². The molecule has 2 heterocycles. The summed E-state index contributed by atoms with van der Waals surface area (Å²) in [6.07, 6.45) is 0. The minimum Gasteiger partial charge on any atom is -0.268 e. The third-order valence-electron chi connectivity index (χ3n) is 5.08. The second kappa shape index (κ2) is 6.15. The molecule has 146 valence electrons. The van der Waals surface area contributed by atoms with Gasteiger partial charge in [0, 0.05) is 0 Å². The third kappa shape index (κ3) is 2.27. The summed E-state index contributed by atoms with van der Waals surface area (Å²) in [5.41, 5.74) is -3.70. The van der Waals surface area contributed by atoms with Gasteiger partial charge in [-0.05, 0) is 36.4 Å². The number of aromatic nitrogens is 2. The zero-order valence-electron chi connectivity index (χ0n) is 15.1. The van der Waals surface area contributed by atoms with Gasteiger partial charge in [-0.3, -0.25) is 19.2 Å². The van der Waals surface area contributed by atoms with Gasteiger partial charge in [0.05, 0.1) is 32.9 Å². The lowest BCUT2D eigenvalue weighted by Gasteiger charge is -2.01. The summed E-state index contributed by atoms with van der Waals surface area (Å²) in [6, 6.07) is 12.8. The van der Waals surface area contributed by atoms with Gasteiger partial charge in [-0.25, -0.2) is 17.9 Å². The maximum absolute atomic E-state index is 14.2. The highest BCUT2D eigenvalue weighted by Gasteiger charge is 2.22. The van der Waals surface area contributed by atoms with Crippen molar-refractivity contribution in [3.63, 3.8) is 0 Å². The van der Waals surface area contributed by atoms with Gasteiger partial charge in [0.15, 0.2) is 0 Å². The quantitative estimate of drug-likeness (QED) is 0.452. The zero-order valence-corrected chi connectivity index (χ0v) is 15.1. The van der Waals surface area contributed by atoms with Gasteiger partial charge < -0.3 is 0 Å². The molecular weight excluding hydrogens is 394 g/mol. The van der Waals surface area contributed by atoms with Crippen molar-refractivity contribution in [3.05, 3.63) is 114 Å². The number of hydrogen-bond acceptors (Lipinski definition) is 4. The fourth-order valence-corrected chi connectivity index (χ4v) is 3.68. The van der Waals surface area contributed by atoms with Crippen LogP contribution in [0, 0.1) is 11.6 Å². The van der Waals surface area contributed by atoms with E-state index in [1.54, 1.807) is 0 Å². The average molecular weight is 404 g/mol. The molecule has 5 rings (SSSR count). The van der Waals surface area contributed by atoms with Crippen LogP contribution in [-0.4, -0.2) is 9.13 Å². The lowest BCUT2D eigenvalue weighted by molar-refractivity contribution is 0.615. The number of benzene rings is 3. The molecule has 0 aliphatic heterocycles. The molecule has 8 heteroatoms. The molecule has 0 saturated heterocycles. The largest absolute Gasteiger partial charge is 0.268 e. The Morgan fingerprint density at radius 2 is 0.800 bits per heavy atom. The molecule has 30 heavy (non-hydrogen) atoms. The molecule has 5 aromatic rings. The first kappa shape index (κ1) is 17.9. The Hall–Kier alpha value is -4.20. The molecule has 0 fully saturated rings.